The molecule has 106 valence electrons. The van der Waals surface area contributed by atoms with E-state index >= 15 is 0 Å². The highest BCUT2D eigenvalue weighted by molar-refractivity contribution is 6.31. The van der Waals surface area contributed by atoms with Gasteiger partial charge in [0.25, 0.3) is 0 Å². The van der Waals surface area contributed by atoms with Gasteiger partial charge in [-0.2, -0.15) is 0 Å². The summed E-state index contributed by atoms with van der Waals surface area (Å²) in [5.74, 6) is -0.840. The Balaban J connectivity index is 2.11. The van der Waals surface area contributed by atoms with Gasteiger partial charge in [0.1, 0.15) is 11.6 Å². The van der Waals surface area contributed by atoms with Gasteiger partial charge in [0, 0.05) is 11.1 Å². The monoisotopic (exact) mass is 315 g/mol. The Labute approximate surface area is 126 Å². The average Bonchev–Trinajstić information content (AvgIpc) is 2.39. The van der Waals surface area contributed by atoms with Gasteiger partial charge in [-0.1, -0.05) is 35.3 Å². The van der Waals surface area contributed by atoms with E-state index in [9.17, 15) is 8.78 Å². The molecule has 0 heterocycles. The molecular weight excluding hydrogens is 303 g/mol. The van der Waals surface area contributed by atoms with Crippen LogP contribution in [0.4, 0.5) is 8.78 Å². The highest BCUT2D eigenvalue weighted by Crippen LogP contribution is 2.21. The minimum absolute atomic E-state index is 0.0589. The van der Waals surface area contributed by atoms with Crippen LogP contribution in [0.3, 0.4) is 0 Å². The molecule has 0 aromatic heterocycles. The summed E-state index contributed by atoms with van der Waals surface area (Å²) < 4.78 is 27.4. The Morgan fingerprint density at radius 1 is 1.00 bits per heavy atom. The molecule has 2 aromatic rings. The van der Waals surface area contributed by atoms with Crippen molar-refractivity contribution in [3.8, 4) is 0 Å². The Kier molecular flexibility index (Phi) is 4.97. The fourth-order valence-electron chi connectivity index (χ4n) is 2.04. The average molecular weight is 316 g/mol. The molecular formula is C15H13Cl2F2N. The third-order valence-corrected chi connectivity index (χ3v) is 3.53. The van der Waals surface area contributed by atoms with E-state index in [-0.39, 0.29) is 23.7 Å². The van der Waals surface area contributed by atoms with Crippen molar-refractivity contribution in [1.82, 2.24) is 0 Å². The normalized spacial score (nSPS) is 12.4. The van der Waals surface area contributed by atoms with Crippen LogP contribution >= 0.6 is 23.2 Å². The first kappa shape index (κ1) is 15.2. The van der Waals surface area contributed by atoms with Crippen molar-refractivity contribution in [2.75, 3.05) is 0 Å². The van der Waals surface area contributed by atoms with E-state index in [0.717, 1.165) is 0 Å². The van der Waals surface area contributed by atoms with Gasteiger partial charge >= 0.3 is 0 Å². The van der Waals surface area contributed by atoms with E-state index in [0.29, 0.717) is 16.1 Å². The Bertz CT molecular complexity index is 613. The third-order valence-electron chi connectivity index (χ3n) is 3.00. The van der Waals surface area contributed by atoms with Crippen LogP contribution in [0.25, 0.3) is 0 Å². The van der Waals surface area contributed by atoms with Gasteiger partial charge in [-0.3, -0.25) is 0 Å². The van der Waals surface area contributed by atoms with Crippen LogP contribution in [0.1, 0.15) is 11.1 Å². The summed E-state index contributed by atoms with van der Waals surface area (Å²) in [4.78, 5) is 0. The van der Waals surface area contributed by atoms with Crippen molar-refractivity contribution in [2.24, 2.45) is 5.73 Å². The SMILES string of the molecule is NC(Cc1cc(Cl)ccc1F)Cc1cccc(Cl)c1F. The molecule has 0 aliphatic rings. The summed E-state index contributed by atoms with van der Waals surface area (Å²) in [6.07, 6.45) is 0.552. The lowest BCUT2D eigenvalue weighted by Gasteiger charge is -2.13. The summed E-state index contributed by atoms with van der Waals surface area (Å²) in [7, 11) is 0. The summed E-state index contributed by atoms with van der Waals surface area (Å²) in [6.45, 7) is 0. The van der Waals surface area contributed by atoms with Crippen molar-refractivity contribution >= 4 is 23.2 Å². The molecule has 0 fully saturated rings. The molecule has 2 aromatic carbocycles. The van der Waals surface area contributed by atoms with Crippen LogP contribution in [0.2, 0.25) is 10.0 Å². The zero-order valence-electron chi connectivity index (χ0n) is 10.5. The molecule has 20 heavy (non-hydrogen) atoms. The molecule has 1 nitrogen and oxygen atoms in total. The zero-order chi connectivity index (χ0) is 14.7. The molecule has 2 rings (SSSR count). The van der Waals surface area contributed by atoms with Crippen molar-refractivity contribution < 1.29 is 8.78 Å². The van der Waals surface area contributed by atoms with E-state index in [1.165, 1.54) is 24.3 Å². The van der Waals surface area contributed by atoms with E-state index in [1.807, 2.05) is 0 Å². The molecule has 0 bridgehead atoms. The van der Waals surface area contributed by atoms with Gasteiger partial charge in [-0.05, 0) is 48.2 Å². The molecule has 1 unspecified atom stereocenters. The number of hydrogen-bond acceptors (Lipinski definition) is 1. The number of benzene rings is 2. The summed E-state index contributed by atoms with van der Waals surface area (Å²) in [5, 5.41) is 0.506. The number of rotatable bonds is 4. The maximum Gasteiger partial charge on any atom is 0.145 e. The van der Waals surface area contributed by atoms with Crippen molar-refractivity contribution in [3.63, 3.8) is 0 Å². The van der Waals surface area contributed by atoms with Gasteiger partial charge in [-0.15, -0.1) is 0 Å². The molecule has 0 radical (unpaired) electrons. The molecule has 0 aliphatic heterocycles. The molecule has 0 spiro atoms. The standard InChI is InChI=1S/C15H13Cl2F2N/c16-11-4-5-14(18)10(6-11)8-12(20)7-9-2-1-3-13(17)15(9)19/h1-6,12H,7-8,20H2. The second kappa shape index (κ2) is 6.53. The van der Waals surface area contributed by atoms with Crippen LogP contribution < -0.4 is 5.73 Å². The second-order valence-electron chi connectivity index (χ2n) is 4.62. The fourth-order valence-corrected chi connectivity index (χ4v) is 2.43. The first-order valence-corrected chi connectivity index (χ1v) is 6.85. The van der Waals surface area contributed by atoms with E-state index < -0.39 is 11.9 Å². The second-order valence-corrected chi connectivity index (χ2v) is 5.46. The lowest BCUT2D eigenvalue weighted by atomic mass is 9.99. The molecule has 5 heteroatoms. The lowest BCUT2D eigenvalue weighted by Crippen LogP contribution is -2.26. The largest absolute Gasteiger partial charge is 0.327 e. The smallest absolute Gasteiger partial charge is 0.145 e. The number of hydrogen-bond donors (Lipinski definition) is 1. The Hall–Kier alpha value is -1.16. The molecule has 0 aliphatic carbocycles. The first-order valence-electron chi connectivity index (χ1n) is 6.09. The molecule has 0 saturated heterocycles. The number of nitrogens with two attached hydrogens (primary N) is 1. The maximum atomic E-state index is 13.8. The van der Waals surface area contributed by atoms with Gasteiger partial charge < -0.3 is 5.73 Å². The van der Waals surface area contributed by atoms with Crippen LogP contribution in [0.15, 0.2) is 36.4 Å². The molecule has 1 atom stereocenters. The van der Waals surface area contributed by atoms with Crippen molar-refractivity contribution in [2.45, 2.75) is 18.9 Å². The summed E-state index contributed by atoms with van der Waals surface area (Å²) in [5.41, 5.74) is 6.80. The van der Waals surface area contributed by atoms with Gasteiger partial charge in [0.2, 0.25) is 0 Å². The lowest BCUT2D eigenvalue weighted by molar-refractivity contribution is 0.565. The molecule has 0 amide bonds. The number of halogens is 4. The fraction of sp³-hybridized carbons (Fsp3) is 0.200. The molecule has 0 saturated carbocycles. The highest BCUT2D eigenvalue weighted by atomic mass is 35.5. The predicted octanol–water partition coefficient (Wildman–Crippen LogP) is 4.38. The van der Waals surface area contributed by atoms with Crippen molar-refractivity contribution in [3.05, 3.63) is 69.2 Å². The predicted molar refractivity (Wildman–Crippen MR) is 78.2 cm³/mol. The Morgan fingerprint density at radius 2 is 1.70 bits per heavy atom. The van der Waals surface area contributed by atoms with Crippen LogP contribution in [0.5, 0.6) is 0 Å². The Morgan fingerprint density at radius 3 is 2.45 bits per heavy atom. The topological polar surface area (TPSA) is 26.0 Å². The highest BCUT2D eigenvalue weighted by Gasteiger charge is 2.13. The maximum absolute atomic E-state index is 13.8. The van der Waals surface area contributed by atoms with E-state index in [4.69, 9.17) is 28.9 Å². The van der Waals surface area contributed by atoms with Crippen LogP contribution in [0, 0.1) is 11.6 Å². The zero-order valence-corrected chi connectivity index (χ0v) is 12.1. The van der Waals surface area contributed by atoms with Crippen LogP contribution in [-0.2, 0) is 12.8 Å². The minimum Gasteiger partial charge on any atom is -0.327 e. The first-order chi connectivity index (χ1) is 9.47. The van der Waals surface area contributed by atoms with Crippen LogP contribution in [-0.4, -0.2) is 6.04 Å². The quantitative estimate of drug-likeness (QED) is 0.890. The minimum atomic E-state index is -0.476. The van der Waals surface area contributed by atoms with Gasteiger partial charge in [0.15, 0.2) is 0 Å². The van der Waals surface area contributed by atoms with E-state index in [1.54, 1.807) is 12.1 Å². The van der Waals surface area contributed by atoms with Gasteiger partial charge in [0.05, 0.1) is 5.02 Å². The summed E-state index contributed by atoms with van der Waals surface area (Å²) in [6, 6.07) is 8.64. The third kappa shape index (κ3) is 3.69. The molecule has 2 N–H and O–H groups in total. The summed E-state index contributed by atoms with van der Waals surface area (Å²) >= 11 is 11.5. The van der Waals surface area contributed by atoms with Crippen molar-refractivity contribution in [1.29, 1.82) is 0 Å². The van der Waals surface area contributed by atoms with Gasteiger partial charge in [-0.25, -0.2) is 8.78 Å². The van der Waals surface area contributed by atoms with E-state index in [2.05, 4.69) is 0 Å².